The van der Waals surface area contributed by atoms with E-state index in [2.05, 4.69) is 0 Å². The lowest BCUT2D eigenvalue weighted by atomic mass is 9.94. The van der Waals surface area contributed by atoms with Crippen LogP contribution < -0.4 is 0 Å². The number of benzene rings is 1. The summed E-state index contributed by atoms with van der Waals surface area (Å²) in [5, 5.41) is 0. The van der Waals surface area contributed by atoms with Gasteiger partial charge in [0.1, 0.15) is 13.2 Å². The zero-order valence-electron chi connectivity index (χ0n) is 15.3. The van der Waals surface area contributed by atoms with Gasteiger partial charge in [-0.2, -0.15) is 0 Å². The predicted octanol–water partition coefficient (Wildman–Crippen LogP) is 1.33. The van der Waals surface area contributed by atoms with Crippen LogP contribution >= 0.6 is 0 Å². The second kappa shape index (κ2) is 7.76. The van der Waals surface area contributed by atoms with Gasteiger partial charge >= 0.3 is 6.09 Å². The number of hydrogen-bond acceptors (Lipinski definition) is 4. The number of rotatable bonds is 4. The Morgan fingerprint density at radius 1 is 1.15 bits per heavy atom. The van der Waals surface area contributed by atoms with E-state index in [4.69, 9.17) is 4.74 Å². The van der Waals surface area contributed by atoms with Crippen molar-refractivity contribution in [2.75, 3.05) is 33.7 Å². The first-order valence-electron chi connectivity index (χ1n) is 8.92. The van der Waals surface area contributed by atoms with Gasteiger partial charge < -0.3 is 19.4 Å². The van der Waals surface area contributed by atoms with E-state index in [9.17, 15) is 14.4 Å². The smallest absolute Gasteiger partial charge is 0.410 e. The van der Waals surface area contributed by atoms with Crippen LogP contribution in [0.3, 0.4) is 0 Å². The van der Waals surface area contributed by atoms with Gasteiger partial charge in [-0.25, -0.2) is 4.79 Å². The molecule has 0 aromatic heterocycles. The van der Waals surface area contributed by atoms with Crippen molar-refractivity contribution in [3.63, 3.8) is 0 Å². The molecule has 0 N–H and O–H groups in total. The Balaban J connectivity index is 1.64. The molecule has 2 atom stereocenters. The molecule has 0 radical (unpaired) electrons. The lowest BCUT2D eigenvalue weighted by molar-refractivity contribution is -0.145. The van der Waals surface area contributed by atoms with Gasteiger partial charge in [0, 0.05) is 27.2 Å². The van der Waals surface area contributed by atoms with Crippen LogP contribution in [-0.4, -0.2) is 72.4 Å². The van der Waals surface area contributed by atoms with Crippen molar-refractivity contribution in [2.45, 2.75) is 25.5 Å². The third-order valence-corrected chi connectivity index (χ3v) is 5.06. The number of hydrogen-bond donors (Lipinski definition) is 0. The molecule has 4 rings (SSSR count). The van der Waals surface area contributed by atoms with E-state index in [1.54, 1.807) is 23.9 Å². The van der Waals surface area contributed by atoms with Crippen molar-refractivity contribution in [3.05, 3.63) is 35.9 Å². The predicted molar refractivity (Wildman–Crippen MR) is 95.1 cm³/mol. The number of nitrogens with zero attached hydrogens (tertiary/aromatic N) is 3. The first-order chi connectivity index (χ1) is 12.5. The highest BCUT2D eigenvalue weighted by atomic mass is 16.6. The van der Waals surface area contributed by atoms with E-state index in [1.165, 1.54) is 4.90 Å². The SMILES string of the molecule is CN(C)C(=O)CN1C(=O)C2CCC1CN(C(=O)OCc1ccccc1)C2. The van der Waals surface area contributed by atoms with Crippen LogP contribution in [-0.2, 0) is 20.9 Å². The van der Waals surface area contributed by atoms with Gasteiger partial charge in [-0.15, -0.1) is 0 Å². The Labute approximate surface area is 153 Å². The molecule has 1 aromatic rings. The molecule has 2 unspecified atom stereocenters. The first-order valence-corrected chi connectivity index (χ1v) is 8.92. The summed E-state index contributed by atoms with van der Waals surface area (Å²) < 4.78 is 5.42. The van der Waals surface area contributed by atoms with Gasteiger partial charge in [0.05, 0.1) is 12.0 Å². The Morgan fingerprint density at radius 3 is 2.58 bits per heavy atom. The molecule has 7 nitrogen and oxygen atoms in total. The number of carbonyl (C=O) groups excluding carboxylic acids is 3. The maximum Gasteiger partial charge on any atom is 0.410 e. The number of amides is 3. The molecule has 3 saturated heterocycles. The van der Waals surface area contributed by atoms with Crippen molar-refractivity contribution in [1.82, 2.24) is 14.7 Å². The van der Waals surface area contributed by atoms with Crippen LogP contribution in [0.15, 0.2) is 30.3 Å². The zero-order valence-corrected chi connectivity index (χ0v) is 15.3. The summed E-state index contributed by atoms with van der Waals surface area (Å²) in [5.41, 5.74) is 0.924. The van der Waals surface area contributed by atoms with E-state index in [0.717, 1.165) is 18.4 Å². The highest BCUT2D eigenvalue weighted by molar-refractivity contribution is 5.87. The van der Waals surface area contributed by atoms with Crippen molar-refractivity contribution >= 4 is 17.9 Å². The molecular formula is C19H25N3O4. The van der Waals surface area contributed by atoms with E-state index in [0.29, 0.717) is 13.1 Å². The van der Waals surface area contributed by atoms with Gasteiger partial charge in [0.15, 0.2) is 0 Å². The fourth-order valence-electron chi connectivity index (χ4n) is 3.50. The molecule has 3 aliphatic rings. The summed E-state index contributed by atoms with van der Waals surface area (Å²) >= 11 is 0. The molecule has 7 heteroatoms. The number of carbonyl (C=O) groups is 3. The average Bonchev–Trinajstić information content (AvgIpc) is 2.93. The van der Waals surface area contributed by atoms with Gasteiger partial charge in [-0.05, 0) is 18.4 Å². The lowest BCUT2D eigenvalue weighted by Crippen LogP contribution is -2.51. The molecule has 3 heterocycles. The minimum absolute atomic E-state index is 0.0326. The summed E-state index contributed by atoms with van der Waals surface area (Å²) in [6.07, 6.45) is 1.15. The minimum atomic E-state index is -0.403. The quantitative estimate of drug-likeness (QED) is 0.813. The zero-order chi connectivity index (χ0) is 18.7. The Morgan fingerprint density at radius 2 is 1.88 bits per heavy atom. The summed E-state index contributed by atoms with van der Waals surface area (Å²) in [6, 6.07) is 9.37. The summed E-state index contributed by atoms with van der Waals surface area (Å²) in [7, 11) is 3.35. The van der Waals surface area contributed by atoms with Crippen LogP contribution in [0.1, 0.15) is 18.4 Å². The van der Waals surface area contributed by atoms with Gasteiger partial charge in [-0.3, -0.25) is 9.59 Å². The summed E-state index contributed by atoms with van der Waals surface area (Å²) in [4.78, 5) is 42.0. The number of piperidine rings is 1. The Kier molecular flexibility index (Phi) is 5.44. The molecule has 1 aromatic carbocycles. The third-order valence-electron chi connectivity index (χ3n) is 5.06. The molecule has 2 bridgehead atoms. The fourth-order valence-corrected chi connectivity index (χ4v) is 3.50. The summed E-state index contributed by atoms with van der Waals surface area (Å²) in [5.74, 6) is -0.396. The average molecular weight is 359 g/mol. The monoisotopic (exact) mass is 359 g/mol. The van der Waals surface area contributed by atoms with Gasteiger partial charge in [0.25, 0.3) is 0 Å². The van der Waals surface area contributed by atoms with E-state index in [1.807, 2.05) is 30.3 Å². The van der Waals surface area contributed by atoms with Crippen LogP contribution in [0.5, 0.6) is 0 Å². The fraction of sp³-hybridized carbons (Fsp3) is 0.526. The molecule has 140 valence electrons. The second-order valence-electron chi connectivity index (χ2n) is 7.13. The van der Waals surface area contributed by atoms with Crippen molar-refractivity contribution in [3.8, 4) is 0 Å². The first kappa shape index (κ1) is 18.2. The number of ether oxygens (including phenoxy) is 1. The Bertz CT molecular complexity index is 677. The molecular weight excluding hydrogens is 334 g/mol. The van der Waals surface area contributed by atoms with Crippen molar-refractivity contribution < 1.29 is 19.1 Å². The molecule has 3 amide bonds. The van der Waals surface area contributed by atoms with Crippen molar-refractivity contribution in [2.24, 2.45) is 5.92 Å². The molecule has 3 aliphatic heterocycles. The highest BCUT2D eigenvalue weighted by Gasteiger charge is 2.43. The largest absolute Gasteiger partial charge is 0.445 e. The maximum absolute atomic E-state index is 12.7. The molecule has 0 aliphatic carbocycles. The molecule has 0 saturated carbocycles. The topological polar surface area (TPSA) is 70.2 Å². The molecule has 0 spiro atoms. The van der Waals surface area contributed by atoms with Crippen LogP contribution in [0, 0.1) is 5.92 Å². The highest BCUT2D eigenvalue weighted by Crippen LogP contribution is 2.29. The number of likely N-dealkylation sites (N-methyl/N-ethyl adjacent to an activating group) is 1. The Hall–Kier alpha value is -2.57. The van der Waals surface area contributed by atoms with E-state index in [-0.39, 0.29) is 36.9 Å². The van der Waals surface area contributed by atoms with Gasteiger partial charge in [0.2, 0.25) is 11.8 Å². The maximum atomic E-state index is 12.7. The number of fused-ring (bicyclic) bond motifs is 4. The normalized spacial score (nSPS) is 22.2. The lowest BCUT2D eigenvalue weighted by Gasteiger charge is -2.35. The van der Waals surface area contributed by atoms with Crippen LogP contribution in [0.2, 0.25) is 0 Å². The minimum Gasteiger partial charge on any atom is -0.445 e. The van der Waals surface area contributed by atoms with Gasteiger partial charge in [-0.1, -0.05) is 30.3 Å². The van der Waals surface area contributed by atoms with E-state index >= 15 is 0 Å². The van der Waals surface area contributed by atoms with Crippen LogP contribution in [0.4, 0.5) is 4.79 Å². The van der Waals surface area contributed by atoms with Crippen molar-refractivity contribution in [1.29, 1.82) is 0 Å². The van der Waals surface area contributed by atoms with E-state index < -0.39 is 6.09 Å². The second-order valence-corrected chi connectivity index (χ2v) is 7.13. The summed E-state index contributed by atoms with van der Waals surface area (Å²) in [6.45, 7) is 1.05. The standard InChI is InChI=1S/C19H25N3O4/c1-20(2)17(23)12-22-16-9-8-15(18(22)24)10-21(11-16)19(25)26-13-14-6-4-3-5-7-14/h3-7,15-16H,8-13H2,1-2H3. The molecule has 3 fully saturated rings. The molecule has 26 heavy (non-hydrogen) atoms. The third kappa shape index (κ3) is 3.98. The van der Waals surface area contributed by atoms with Crippen LogP contribution in [0.25, 0.3) is 0 Å².